The number of carbonyl (C=O) groups is 5. The maximum absolute atomic E-state index is 12.4. The summed E-state index contributed by atoms with van der Waals surface area (Å²) in [6.45, 7) is 1.85. The summed E-state index contributed by atoms with van der Waals surface area (Å²) >= 11 is 0. The summed E-state index contributed by atoms with van der Waals surface area (Å²) in [5.74, 6) is -2.12. The van der Waals surface area contributed by atoms with E-state index in [2.05, 4.69) is 20.9 Å². The molecule has 3 rings (SSSR count). The summed E-state index contributed by atoms with van der Waals surface area (Å²) in [7, 11) is 1.43. The second kappa shape index (κ2) is 22.5. The van der Waals surface area contributed by atoms with Crippen LogP contribution in [0.4, 0.5) is 11.6 Å². The van der Waals surface area contributed by atoms with E-state index in [0.29, 0.717) is 38.7 Å². The smallest absolute Gasteiger partial charge is 0.434 e. The van der Waals surface area contributed by atoms with E-state index in [1.165, 1.54) is 36.0 Å². The molecule has 0 spiro atoms. The van der Waals surface area contributed by atoms with Crippen molar-refractivity contribution in [3.05, 3.63) is 58.4 Å². The van der Waals surface area contributed by atoms with Gasteiger partial charge in [0.05, 0.1) is 73.1 Å². The summed E-state index contributed by atoms with van der Waals surface area (Å²) < 4.78 is 28.5. The molecule has 0 bridgehead atoms. The molecule has 0 aliphatic carbocycles. The van der Waals surface area contributed by atoms with E-state index in [0.717, 1.165) is 4.90 Å². The van der Waals surface area contributed by atoms with Gasteiger partial charge in [0.2, 0.25) is 17.7 Å². The maximum Gasteiger partial charge on any atom is 0.434 e. The van der Waals surface area contributed by atoms with Crippen molar-refractivity contribution < 1.29 is 57.7 Å². The van der Waals surface area contributed by atoms with Gasteiger partial charge in [-0.1, -0.05) is 11.1 Å². The van der Waals surface area contributed by atoms with Crippen LogP contribution in [0.1, 0.15) is 24.6 Å². The minimum absolute atomic E-state index is 0.0174. The van der Waals surface area contributed by atoms with Crippen LogP contribution in [0, 0.1) is 10.1 Å². The van der Waals surface area contributed by atoms with E-state index >= 15 is 0 Å². The van der Waals surface area contributed by atoms with Gasteiger partial charge in [-0.25, -0.2) is 4.57 Å². The van der Waals surface area contributed by atoms with Crippen LogP contribution in [0.3, 0.4) is 0 Å². The van der Waals surface area contributed by atoms with Gasteiger partial charge in [0.15, 0.2) is 11.8 Å². The van der Waals surface area contributed by atoms with Gasteiger partial charge in [-0.15, -0.1) is 0 Å². The fourth-order valence-corrected chi connectivity index (χ4v) is 4.50. The van der Waals surface area contributed by atoms with E-state index in [-0.39, 0.29) is 75.6 Å². The van der Waals surface area contributed by atoms with Crippen LogP contribution >= 0.6 is 0 Å². The minimum Gasteiger partial charge on any atom is -0.480 e. The van der Waals surface area contributed by atoms with Crippen LogP contribution < -0.4 is 20.7 Å². The molecule has 52 heavy (non-hydrogen) atoms. The molecule has 2 heterocycles. The standard InChI is InChI=1S/C32H43N7O13/c1-37-25(20-35-32(37)39(46)47)26(22-40)52-24-4-2-3-23(19-24)36-29(43)21-34-28(42)8-11-48-13-15-50-17-18-51-16-14-49-12-9-33-27(41)7-10-38-30(44)5-6-31(38)45/h2-6,19-20,26,40H,7-18,21-22H2,1H3,(H,33,41)(H,34,42)(H,36,43). The number of nitrogens with zero attached hydrogens (tertiary/aromatic N) is 4. The molecule has 1 unspecified atom stereocenters. The number of anilines is 1. The van der Waals surface area contributed by atoms with Crippen molar-refractivity contribution in [2.75, 3.05) is 84.4 Å². The van der Waals surface area contributed by atoms with E-state index in [1.54, 1.807) is 18.2 Å². The van der Waals surface area contributed by atoms with Gasteiger partial charge in [0, 0.05) is 49.8 Å². The number of rotatable bonds is 26. The lowest BCUT2D eigenvalue weighted by atomic mass is 10.2. The number of aliphatic hydroxyl groups excluding tert-OH is 1. The van der Waals surface area contributed by atoms with Crippen LogP contribution in [-0.2, 0) is 50.0 Å². The first-order valence-corrected chi connectivity index (χ1v) is 16.3. The molecule has 1 aliphatic rings. The Kier molecular flexibility index (Phi) is 17.8. The fraction of sp³-hybridized carbons (Fsp3) is 0.500. The first-order valence-electron chi connectivity index (χ1n) is 16.3. The largest absolute Gasteiger partial charge is 0.480 e. The first kappa shape index (κ1) is 41.1. The molecule has 0 saturated carbocycles. The lowest BCUT2D eigenvalue weighted by Gasteiger charge is -2.16. The third kappa shape index (κ3) is 14.5. The molecule has 1 aromatic carbocycles. The van der Waals surface area contributed by atoms with Gasteiger partial charge >= 0.3 is 5.95 Å². The molecule has 20 nitrogen and oxygen atoms in total. The maximum atomic E-state index is 12.4. The monoisotopic (exact) mass is 733 g/mol. The second-order valence-corrected chi connectivity index (χ2v) is 10.9. The molecule has 2 aromatic rings. The average Bonchev–Trinajstić information content (AvgIpc) is 3.67. The van der Waals surface area contributed by atoms with Crippen LogP contribution in [0.5, 0.6) is 5.75 Å². The summed E-state index contributed by atoms with van der Waals surface area (Å²) in [6.07, 6.45) is 2.70. The molecule has 1 aliphatic heterocycles. The van der Waals surface area contributed by atoms with Crippen molar-refractivity contribution in [1.82, 2.24) is 25.1 Å². The number of imide groups is 1. The third-order valence-corrected chi connectivity index (χ3v) is 7.12. The van der Waals surface area contributed by atoms with Gasteiger partial charge in [-0.3, -0.25) is 28.9 Å². The molecule has 20 heteroatoms. The molecule has 1 atom stereocenters. The Balaban J connectivity index is 1.13. The first-order chi connectivity index (χ1) is 25.1. The Labute approximate surface area is 298 Å². The molecule has 1 aromatic heterocycles. The second-order valence-electron chi connectivity index (χ2n) is 10.9. The van der Waals surface area contributed by atoms with E-state index in [1.807, 2.05) is 0 Å². The predicted molar refractivity (Wildman–Crippen MR) is 180 cm³/mol. The highest BCUT2D eigenvalue weighted by Gasteiger charge is 2.26. The van der Waals surface area contributed by atoms with Gasteiger partial charge in [0.25, 0.3) is 11.8 Å². The summed E-state index contributed by atoms with van der Waals surface area (Å²) in [5, 5.41) is 28.6. The lowest BCUT2D eigenvalue weighted by Crippen LogP contribution is -2.35. The number of ether oxygens (including phenoxy) is 5. The number of aromatic nitrogens is 2. The zero-order valence-electron chi connectivity index (χ0n) is 28.7. The minimum atomic E-state index is -0.946. The van der Waals surface area contributed by atoms with Crippen molar-refractivity contribution in [3.63, 3.8) is 0 Å². The summed E-state index contributed by atoms with van der Waals surface area (Å²) in [6, 6.07) is 6.31. The highest BCUT2D eigenvalue weighted by Crippen LogP contribution is 2.26. The molecule has 4 N–H and O–H groups in total. The Morgan fingerprint density at radius 1 is 0.885 bits per heavy atom. The molecule has 0 fully saturated rings. The van der Waals surface area contributed by atoms with Crippen LogP contribution in [-0.4, -0.2) is 133 Å². The number of nitrogens with one attached hydrogen (secondary N) is 3. The number of hydrogen-bond donors (Lipinski definition) is 4. The fourth-order valence-electron chi connectivity index (χ4n) is 4.50. The Morgan fingerprint density at radius 2 is 1.50 bits per heavy atom. The zero-order chi connectivity index (χ0) is 37.7. The SMILES string of the molecule is Cn1c(C(CO)Oc2cccc(NC(=O)CNC(=O)CCOCCOCCOCCOCCNC(=O)CCN3C(=O)C=CC3=O)c2)cnc1[N+](=O)[O-]. The van der Waals surface area contributed by atoms with Gasteiger partial charge in [0.1, 0.15) is 11.9 Å². The van der Waals surface area contributed by atoms with Gasteiger partial charge in [-0.05, 0) is 17.1 Å². The van der Waals surface area contributed by atoms with Crippen molar-refractivity contribution in [1.29, 1.82) is 0 Å². The third-order valence-electron chi connectivity index (χ3n) is 7.12. The molecular weight excluding hydrogens is 690 g/mol. The topological polar surface area (TPSA) is 252 Å². The Morgan fingerprint density at radius 3 is 2.12 bits per heavy atom. The van der Waals surface area contributed by atoms with Crippen molar-refractivity contribution in [2.24, 2.45) is 7.05 Å². The number of hydrogen-bond acceptors (Lipinski definition) is 14. The predicted octanol–water partition coefficient (Wildman–Crippen LogP) is -0.617. The van der Waals surface area contributed by atoms with Crippen LogP contribution in [0.25, 0.3) is 0 Å². The number of nitro groups is 1. The van der Waals surface area contributed by atoms with Gasteiger partial charge < -0.3 is 54.9 Å². The van der Waals surface area contributed by atoms with E-state index in [4.69, 9.17) is 23.7 Å². The number of amides is 5. The number of imidazole rings is 1. The number of benzene rings is 1. The van der Waals surface area contributed by atoms with Crippen molar-refractivity contribution >= 4 is 41.2 Å². The normalized spacial score (nSPS) is 12.9. The Bertz CT molecular complexity index is 1530. The van der Waals surface area contributed by atoms with Crippen LogP contribution in [0.15, 0.2) is 42.6 Å². The molecule has 0 saturated heterocycles. The van der Waals surface area contributed by atoms with E-state index < -0.39 is 41.3 Å². The average molecular weight is 734 g/mol. The van der Waals surface area contributed by atoms with E-state index in [9.17, 15) is 39.2 Å². The zero-order valence-corrected chi connectivity index (χ0v) is 28.7. The number of carbonyl (C=O) groups excluding carboxylic acids is 5. The van der Waals surface area contributed by atoms with Gasteiger partial charge in [-0.2, -0.15) is 0 Å². The van der Waals surface area contributed by atoms with Crippen molar-refractivity contribution in [2.45, 2.75) is 18.9 Å². The highest BCUT2D eigenvalue weighted by molar-refractivity contribution is 6.13. The molecule has 0 radical (unpaired) electrons. The Hall–Kier alpha value is -5.28. The van der Waals surface area contributed by atoms with Crippen molar-refractivity contribution in [3.8, 4) is 5.75 Å². The summed E-state index contributed by atoms with van der Waals surface area (Å²) in [4.78, 5) is 74.3. The highest BCUT2D eigenvalue weighted by atomic mass is 16.6. The molecule has 284 valence electrons. The summed E-state index contributed by atoms with van der Waals surface area (Å²) in [5.41, 5.74) is 0.658. The lowest BCUT2D eigenvalue weighted by molar-refractivity contribution is -0.396. The van der Waals surface area contributed by atoms with Crippen LogP contribution in [0.2, 0.25) is 0 Å². The molecular formula is C32H43N7O13. The quantitative estimate of drug-likeness (QED) is 0.0407. The number of aliphatic hydroxyl groups is 1. The molecule has 5 amide bonds.